The van der Waals surface area contributed by atoms with Crippen LogP contribution in [0.15, 0.2) is 72.9 Å². The lowest BCUT2D eigenvalue weighted by Crippen LogP contribution is -2.30. The predicted molar refractivity (Wildman–Crippen MR) is 124 cm³/mol. The molecule has 1 heterocycles. The lowest BCUT2D eigenvalue weighted by molar-refractivity contribution is -0.659. The van der Waals surface area contributed by atoms with Crippen LogP contribution in [-0.4, -0.2) is 0 Å². The fourth-order valence-electron chi connectivity index (χ4n) is 4.25. The van der Waals surface area contributed by atoms with Crippen LogP contribution in [0.2, 0.25) is 0 Å². The van der Waals surface area contributed by atoms with Crippen molar-refractivity contribution in [3.05, 3.63) is 89.9 Å². The van der Waals surface area contributed by atoms with Gasteiger partial charge in [0.1, 0.15) is 12.9 Å². The average molecular weight is 399 g/mol. The Labute approximate surface area is 178 Å². The SMILES string of the molecule is Cc1cc(F)c(-c2ccccc2)cc1-c1c2ccc(CC(C)(C)C)cc2cc[n+]1C. The molecular weight excluding hydrogens is 369 g/mol. The number of hydrogen-bond donors (Lipinski definition) is 0. The minimum Gasteiger partial charge on any atom is -0.206 e. The molecule has 2 heteroatoms. The second-order valence-corrected chi connectivity index (χ2v) is 9.45. The summed E-state index contributed by atoms with van der Waals surface area (Å²) in [7, 11) is 2.06. The molecule has 30 heavy (non-hydrogen) atoms. The number of pyridine rings is 1. The standard InChI is InChI=1S/C28H29FN/c1-19-15-26(29)25(21-9-7-6-8-10-21)17-24(19)27-23-12-11-20(18-28(2,3)4)16-22(23)13-14-30(27)5/h6-17H,18H2,1-5H3/q+1. The summed E-state index contributed by atoms with van der Waals surface area (Å²) in [5, 5.41) is 2.40. The van der Waals surface area contributed by atoms with Crippen molar-refractivity contribution in [1.29, 1.82) is 0 Å². The number of hydrogen-bond acceptors (Lipinski definition) is 0. The molecule has 0 spiro atoms. The Hall–Kier alpha value is -3.00. The van der Waals surface area contributed by atoms with Gasteiger partial charge in [-0.25, -0.2) is 8.96 Å². The van der Waals surface area contributed by atoms with Gasteiger partial charge < -0.3 is 0 Å². The Morgan fingerprint density at radius 3 is 2.30 bits per heavy atom. The summed E-state index contributed by atoms with van der Waals surface area (Å²) in [5.41, 5.74) is 6.24. The predicted octanol–water partition coefficient (Wildman–Crippen LogP) is 7.03. The molecule has 4 rings (SSSR count). The number of aromatic nitrogens is 1. The van der Waals surface area contributed by atoms with Gasteiger partial charge in [-0.3, -0.25) is 0 Å². The van der Waals surface area contributed by atoms with Crippen molar-refractivity contribution in [2.45, 2.75) is 34.1 Å². The first-order chi connectivity index (χ1) is 14.2. The van der Waals surface area contributed by atoms with Gasteiger partial charge >= 0.3 is 0 Å². The van der Waals surface area contributed by atoms with Crippen LogP contribution in [-0.2, 0) is 13.5 Å². The van der Waals surface area contributed by atoms with E-state index in [1.165, 1.54) is 16.3 Å². The van der Waals surface area contributed by atoms with Crippen molar-refractivity contribution in [2.24, 2.45) is 12.5 Å². The third-order valence-electron chi connectivity index (χ3n) is 5.59. The van der Waals surface area contributed by atoms with E-state index >= 15 is 0 Å². The van der Waals surface area contributed by atoms with Crippen molar-refractivity contribution < 1.29 is 8.96 Å². The molecule has 0 aliphatic carbocycles. The van der Waals surface area contributed by atoms with Crippen LogP contribution < -0.4 is 4.57 Å². The lowest BCUT2D eigenvalue weighted by Gasteiger charge is -2.18. The van der Waals surface area contributed by atoms with Crippen molar-refractivity contribution in [3.8, 4) is 22.4 Å². The van der Waals surface area contributed by atoms with E-state index in [9.17, 15) is 4.39 Å². The fraction of sp³-hybridized carbons (Fsp3) is 0.250. The highest BCUT2D eigenvalue weighted by Gasteiger charge is 2.20. The van der Waals surface area contributed by atoms with Gasteiger partial charge in [0.2, 0.25) is 5.69 Å². The smallest absolute Gasteiger partial charge is 0.206 e. The lowest BCUT2D eigenvalue weighted by atomic mass is 9.87. The van der Waals surface area contributed by atoms with Crippen LogP contribution in [0.25, 0.3) is 33.2 Å². The van der Waals surface area contributed by atoms with Crippen molar-refractivity contribution in [2.75, 3.05) is 0 Å². The summed E-state index contributed by atoms with van der Waals surface area (Å²) in [6.07, 6.45) is 3.14. The highest BCUT2D eigenvalue weighted by atomic mass is 19.1. The quantitative estimate of drug-likeness (QED) is 0.326. The summed E-state index contributed by atoms with van der Waals surface area (Å²) < 4.78 is 17.0. The molecule has 0 amide bonds. The molecule has 1 aromatic heterocycles. The maximum Gasteiger partial charge on any atom is 0.220 e. The zero-order valence-corrected chi connectivity index (χ0v) is 18.5. The van der Waals surface area contributed by atoms with Crippen LogP contribution in [0.5, 0.6) is 0 Å². The average Bonchev–Trinajstić information content (AvgIpc) is 2.68. The van der Waals surface area contributed by atoms with Gasteiger partial charge in [0, 0.05) is 11.6 Å². The first-order valence-electron chi connectivity index (χ1n) is 10.5. The maximum atomic E-state index is 14.8. The third kappa shape index (κ3) is 4.00. The fourth-order valence-corrected chi connectivity index (χ4v) is 4.25. The summed E-state index contributed by atoms with van der Waals surface area (Å²) in [6.45, 7) is 8.78. The van der Waals surface area contributed by atoms with E-state index in [-0.39, 0.29) is 11.2 Å². The van der Waals surface area contributed by atoms with E-state index < -0.39 is 0 Å². The van der Waals surface area contributed by atoms with E-state index in [0.29, 0.717) is 5.56 Å². The molecule has 4 aromatic rings. The number of aryl methyl sites for hydroxylation is 2. The van der Waals surface area contributed by atoms with Gasteiger partial charge in [0.25, 0.3) is 0 Å². The summed E-state index contributed by atoms with van der Waals surface area (Å²) in [4.78, 5) is 0. The Morgan fingerprint density at radius 1 is 0.867 bits per heavy atom. The van der Waals surface area contributed by atoms with Crippen molar-refractivity contribution in [3.63, 3.8) is 0 Å². The van der Waals surface area contributed by atoms with Crippen LogP contribution in [0.4, 0.5) is 4.39 Å². The zero-order chi connectivity index (χ0) is 21.5. The van der Waals surface area contributed by atoms with Gasteiger partial charge in [-0.05, 0) is 59.0 Å². The molecule has 3 aromatic carbocycles. The molecule has 0 unspecified atom stereocenters. The van der Waals surface area contributed by atoms with E-state index in [2.05, 4.69) is 62.8 Å². The Bertz CT molecular complexity index is 1220. The van der Waals surface area contributed by atoms with E-state index in [4.69, 9.17) is 0 Å². The zero-order valence-electron chi connectivity index (χ0n) is 18.5. The summed E-state index contributed by atoms with van der Waals surface area (Å²) in [6, 6.07) is 22.3. The minimum atomic E-state index is -0.183. The van der Waals surface area contributed by atoms with Crippen LogP contribution in [0.1, 0.15) is 31.9 Å². The Morgan fingerprint density at radius 2 is 1.60 bits per heavy atom. The van der Waals surface area contributed by atoms with E-state index in [1.54, 1.807) is 6.07 Å². The largest absolute Gasteiger partial charge is 0.220 e. The molecule has 0 aliphatic rings. The molecule has 0 N–H and O–H groups in total. The number of rotatable bonds is 3. The molecule has 0 bridgehead atoms. The van der Waals surface area contributed by atoms with E-state index in [0.717, 1.165) is 28.8 Å². The van der Waals surface area contributed by atoms with Crippen molar-refractivity contribution >= 4 is 10.8 Å². The molecular formula is C28H29FN+. The monoisotopic (exact) mass is 398 g/mol. The second-order valence-electron chi connectivity index (χ2n) is 9.45. The first kappa shape index (κ1) is 20.3. The van der Waals surface area contributed by atoms with Crippen LogP contribution in [0, 0.1) is 18.2 Å². The van der Waals surface area contributed by atoms with Gasteiger partial charge in [-0.2, -0.15) is 0 Å². The topological polar surface area (TPSA) is 3.88 Å². The van der Waals surface area contributed by atoms with Crippen molar-refractivity contribution in [1.82, 2.24) is 0 Å². The molecule has 0 saturated carbocycles. The molecule has 0 atom stereocenters. The highest BCUT2D eigenvalue weighted by molar-refractivity contribution is 5.94. The Kier molecular flexibility index (Phi) is 5.19. The Balaban J connectivity index is 1.92. The normalized spacial score (nSPS) is 11.8. The number of fused-ring (bicyclic) bond motifs is 1. The maximum absolute atomic E-state index is 14.8. The summed E-state index contributed by atoms with van der Waals surface area (Å²) >= 11 is 0. The molecule has 152 valence electrons. The third-order valence-corrected chi connectivity index (χ3v) is 5.59. The number of halogens is 1. The molecule has 0 fully saturated rings. The number of nitrogens with zero attached hydrogens (tertiary/aromatic N) is 1. The second kappa shape index (κ2) is 7.68. The van der Waals surface area contributed by atoms with Crippen LogP contribution >= 0.6 is 0 Å². The minimum absolute atomic E-state index is 0.183. The van der Waals surface area contributed by atoms with Crippen LogP contribution in [0.3, 0.4) is 0 Å². The van der Waals surface area contributed by atoms with E-state index in [1.807, 2.05) is 43.3 Å². The molecule has 1 nitrogen and oxygen atoms in total. The molecule has 0 saturated heterocycles. The van der Waals surface area contributed by atoms with Gasteiger partial charge in [-0.15, -0.1) is 0 Å². The number of benzene rings is 3. The highest BCUT2D eigenvalue weighted by Crippen LogP contribution is 2.34. The molecule has 0 aliphatic heterocycles. The first-order valence-corrected chi connectivity index (χ1v) is 10.5. The summed E-state index contributed by atoms with van der Waals surface area (Å²) in [5.74, 6) is -0.183. The van der Waals surface area contributed by atoms with Gasteiger partial charge in [0.15, 0.2) is 6.20 Å². The van der Waals surface area contributed by atoms with Gasteiger partial charge in [0.05, 0.1) is 10.9 Å². The molecule has 0 radical (unpaired) electrons. The van der Waals surface area contributed by atoms with Gasteiger partial charge in [-0.1, -0.05) is 63.2 Å².